The first-order valence-electron chi connectivity index (χ1n) is 11.5. The summed E-state index contributed by atoms with van der Waals surface area (Å²) in [6.07, 6.45) is 18.1. The SMILES string of the molecule is CCCCCCCCCCCCCCC(CC(O)CCCCC)S(=O)(=O)[O-].[Na+]. The second-order valence-electron chi connectivity index (χ2n) is 8.18. The van der Waals surface area contributed by atoms with Crippen LogP contribution in [0.1, 0.15) is 129 Å². The van der Waals surface area contributed by atoms with Crippen molar-refractivity contribution in [2.45, 2.75) is 141 Å². The van der Waals surface area contributed by atoms with E-state index in [2.05, 4.69) is 13.8 Å². The molecule has 0 radical (unpaired) electrons. The molecule has 1 N–H and O–H groups in total. The van der Waals surface area contributed by atoms with Crippen molar-refractivity contribution in [3.63, 3.8) is 0 Å². The number of hydrogen-bond donors (Lipinski definition) is 1. The van der Waals surface area contributed by atoms with Crippen molar-refractivity contribution in [1.82, 2.24) is 0 Å². The maximum absolute atomic E-state index is 11.5. The number of hydrogen-bond acceptors (Lipinski definition) is 4. The molecule has 0 aliphatic heterocycles. The van der Waals surface area contributed by atoms with E-state index in [0.717, 1.165) is 38.5 Å². The van der Waals surface area contributed by atoms with Crippen LogP contribution in [0.4, 0.5) is 0 Å². The molecule has 0 aromatic heterocycles. The largest absolute Gasteiger partial charge is 1.00 e. The van der Waals surface area contributed by atoms with Crippen molar-refractivity contribution >= 4 is 10.1 Å². The smallest absolute Gasteiger partial charge is 0.748 e. The molecule has 0 aliphatic rings. The molecular formula is C22H45NaO4S. The Labute approximate surface area is 197 Å². The van der Waals surface area contributed by atoms with E-state index >= 15 is 0 Å². The van der Waals surface area contributed by atoms with Crippen molar-refractivity contribution in [3.8, 4) is 0 Å². The maximum atomic E-state index is 11.5. The minimum atomic E-state index is -4.32. The van der Waals surface area contributed by atoms with Crippen LogP contribution in [0.5, 0.6) is 0 Å². The molecule has 0 heterocycles. The number of aliphatic hydroxyl groups is 1. The van der Waals surface area contributed by atoms with Crippen molar-refractivity contribution < 1.29 is 47.6 Å². The van der Waals surface area contributed by atoms with E-state index in [1.54, 1.807) is 0 Å². The Kier molecular flexibility index (Phi) is 23.4. The van der Waals surface area contributed by atoms with Gasteiger partial charge in [-0.3, -0.25) is 0 Å². The molecule has 0 aliphatic carbocycles. The molecular weight excluding hydrogens is 383 g/mol. The van der Waals surface area contributed by atoms with Crippen LogP contribution < -0.4 is 29.6 Å². The standard InChI is InChI=1S/C22H46O4S.Na/c1-3-5-7-8-9-10-11-12-13-14-15-17-19-22(27(24,25)26)20-21(23)18-16-6-4-2;/h21-23H,3-20H2,1-2H3,(H,24,25,26);/q;+1/p-1. The van der Waals surface area contributed by atoms with Gasteiger partial charge in [-0.2, -0.15) is 0 Å². The third-order valence-corrected chi connectivity index (χ3v) is 6.71. The molecule has 164 valence electrons. The number of aliphatic hydroxyl groups excluding tert-OH is 1. The van der Waals surface area contributed by atoms with Gasteiger partial charge in [-0.15, -0.1) is 0 Å². The monoisotopic (exact) mass is 428 g/mol. The van der Waals surface area contributed by atoms with Gasteiger partial charge in [0.1, 0.15) is 0 Å². The molecule has 0 spiro atoms. The zero-order chi connectivity index (χ0) is 20.4. The predicted octanol–water partition coefficient (Wildman–Crippen LogP) is 3.33. The number of unbranched alkanes of at least 4 members (excludes halogenated alkanes) is 13. The summed E-state index contributed by atoms with van der Waals surface area (Å²) >= 11 is 0. The molecule has 0 amide bonds. The quantitative estimate of drug-likeness (QED) is 0.183. The van der Waals surface area contributed by atoms with Gasteiger partial charge in [-0.25, -0.2) is 8.42 Å². The van der Waals surface area contributed by atoms with E-state index in [0.29, 0.717) is 12.8 Å². The zero-order valence-electron chi connectivity index (χ0n) is 19.0. The summed E-state index contributed by atoms with van der Waals surface area (Å²) in [5, 5.41) is 9.08. The summed E-state index contributed by atoms with van der Waals surface area (Å²) in [7, 11) is -4.32. The van der Waals surface area contributed by atoms with Crippen LogP contribution in [0, 0.1) is 0 Å². The van der Waals surface area contributed by atoms with Gasteiger partial charge in [0.2, 0.25) is 0 Å². The van der Waals surface area contributed by atoms with Crippen molar-refractivity contribution in [2.24, 2.45) is 0 Å². The minimum absolute atomic E-state index is 0. The van der Waals surface area contributed by atoms with Crippen LogP contribution in [-0.4, -0.2) is 29.4 Å². The molecule has 0 aromatic carbocycles. The average Bonchev–Trinajstić information content (AvgIpc) is 2.61. The first-order chi connectivity index (χ1) is 12.9. The Morgan fingerprint density at radius 1 is 0.679 bits per heavy atom. The number of rotatable bonds is 20. The molecule has 0 saturated carbocycles. The molecule has 6 heteroatoms. The van der Waals surface area contributed by atoms with E-state index < -0.39 is 21.5 Å². The molecule has 0 fully saturated rings. The summed E-state index contributed by atoms with van der Waals surface area (Å²) in [5.41, 5.74) is 0. The van der Waals surface area contributed by atoms with Crippen molar-refractivity contribution in [3.05, 3.63) is 0 Å². The summed E-state index contributed by atoms with van der Waals surface area (Å²) in [6, 6.07) is 0. The fraction of sp³-hybridized carbons (Fsp3) is 1.00. The van der Waals surface area contributed by atoms with Gasteiger partial charge in [-0.1, -0.05) is 110 Å². The Bertz CT molecular complexity index is 415. The molecule has 0 aromatic rings. The average molecular weight is 429 g/mol. The zero-order valence-corrected chi connectivity index (χ0v) is 21.8. The molecule has 2 atom stereocenters. The first-order valence-corrected chi connectivity index (χ1v) is 13.0. The van der Waals surface area contributed by atoms with Crippen LogP contribution in [0.25, 0.3) is 0 Å². The second-order valence-corrected chi connectivity index (χ2v) is 9.83. The summed E-state index contributed by atoms with van der Waals surface area (Å²) in [4.78, 5) is 0. The van der Waals surface area contributed by atoms with Gasteiger partial charge in [0.15, 0.2) is 0 Å². The predicted molar refractivity (Wildman–Crippen MR) is 114 cm³/mol. The Balaban J connectivity index is 0. The van der Waals surface area contributed by atoms with E-state index in [4.69, 9.17) is 0 Å². The van der Waals surface area contributed by atoms with Gasteiger partial charge in [0.25, 0.3) is 0 Å². The van der Waals surface area contributed by atoms with Gasteiger partial charge in [-0.05, 0) is 19.3 Å². The fourth-order valence-corrected chi connectivity index (χ4v) is 4.56. The van der Waals surface area contributed by atoms with Crippen LogP contribution in [0.2, 0.25) is 0 Å². The third kappa shape index (κ3) is 20.2. The molecule has 0 rings (SSSR count). The molecule has 28 heavy (non-hydrogen) atoms. The summed E-state index contributed by atoms with van der Waals surface area (Å²) in [6.45, 7) is 4.33. The van der Waals surface area contributed by atoms with E-state index in [9.17, 15) is 18.1 Å². The van der Waals surface area contributed by atoms with Gasteiger partial charge in [0, 0.05) is 0 Å². The second kappa shape index (κ2) is 21.1. The molecule has 0 saturated heterocycles. The summed E-state index contributed by atoms with van der Waals surface area (Å²) < 4.78 is 34.4. The van der Waals surface area contributed by atoms with Crippen LogP contribution in [0.3, 0.4) is 0 Å². The van der Waals surface area contributed by atoms with Gasteiger partial charge >= 0.3 is 29.6 Å². The van der Waals surface area contributed by atoms with Crippen LogP contribution in [-0.2, 0) is 10.1 Å². The van der Waals surface area contributed by atoms with Crippen molar-refractivity contribution in [2.75, 3.05) is 0 Å². The Hall–Kier alpha value is 0.870. The van der Waals surface area contributed by atoms with E-state index in [1.807, 2.05) is 0 Å². The fourth-order valence-electron chi connectivity index (χ4n) is 3.64. The van der Waals surface area contributed by atoms with Crippen LogP contribution in [0.15, 0.2) is 0 Å². The maximum Gasteiger partial charge on any atom is 1.00 e. The Morgan fingerprint density at radius 3 is 1.46 bits per heavy atom. The molecule has 0 bridgehead atoms. The van der Waals surface area contributed by atoms with E-state index in [1.165, 1.54) is 57.8 Å². The molecule has 2 unspecified atom stereocenters. The van der Waals surface area contributed by atoms with Gasteiger partial charge in [0.05, 0.1) is 21.5 Å². The third-order valence-electron chi connectivity index (χ3n) is 5.46. The van der Waals surface area contributed by atoms with E-state index in [-0.39, 0.29) is 36.0 Å². The van der Waals surface area contributed by atoms with Crippen molar-refractivity contribution in [1.29, 1.82) is 0 Å². The summed E-state index contributed by atoms with van der Waals surface area (Å²) in [5.74, 6) is 0. The molecule has 4 nitrogen and oxygen atoms in total. The first kappa shape index (κ1) is 31.1. The van der Waals surface area contributed by atoms with Crippen LogP contribution >= 0.6 is 0 Å². The topological polar surface area (TPSA) is 77.4 Å². The normalized spacial score (nSPS) is 13.9. The van der Waals surface area contributed by atoms with Gasteiger partial charge < -0.3 is 9.66 Å². The minimum Gasteiger partial charge on any atom is -0.748 e. The Morgan fingerprint density at radius 2 is 1.04 bits per heavy atom.